The summed E-state index contributed by atoms with van der Waals surface area (Å²) < 4.78 is 5.44. The standard InChI is InChI=1S/C12H22N2O2.ClH/c1-4-5-8-16-10(2)12(15)14(3)11-6-7-13-9-11;/h4,10-11,13H,1,5-9H2,2-3H3;1H. The van der Waals surface area contributed by atoms with Crippen LogP contribution in [0.2, 0.25) is 0 Å². The Morgan fingerprint density at radius 2 is 2.41 bits per heavy atom. The highest BCUT2D eigenvalue weighted by molar-refractivity contribution is 5.85. The summed E-state index contributed by atoms with van der Waals surface area (Å²) in [6, 6.07) is 0.318. The van der Waals surface area contributed by atoms with E-state index in [1.54, 1.807) is 11.0 Å². The maximum Gasteiger partial charge on any atom is 0.251 e. The minimum atomic E-state index is -0.356. The third-order valence-corrected chi connectivity index (χ3v) is 2.97. The van der Waals surface area contributed by atoms with Gasteiger partial charge in [0.15, 0.2) is 0 Å². The molecule has 2 atom stereocenters. The van der Waals surface area contributed by atoms with Crippen LogP contribution >= 0.6 is 12.4 Å². The van der Waals surface area contributed by atoms with Crippen molar-refractivity contribution >= 4 is 18.3 Å². The summed E-state index contributed by atoms with van der Waals surface area (Å²) in [4.78, 5) is 13.8. The van der Waals surface area contributed by atoms with Crippen LogP contribution in [0.5, 0.6) is 0 Å². The fourth-order valence-corrected chi connectivity index (χ4v) is 1.84. The lowest BCUT2D eigenvalue weighted by atomic mass is 10.2. The van der Waals surface area contributed by atoms with Crippen molar-refractivity contribution in [1.82, 2.24) is 10.2 Å². The van der Waals surface area contributed by atoms with E-state index in [0.717, 1.165) is 25.9 Å². The van der Waals surface area contributed by atoms with Crippen LogP contribution in [0.3, 0.4) is 0 Å². The van der Waals surface area contributed by atoms with Crippen molar-refractivity contribution in [2.24, 2.45) is 0 Å². The molecule has 1 rings (SSSR count). The van der Waals surface area contributed by atoms with Gasteiger partial charge in [-0.05, 0) is 26.3 Å². The fraction of sp³-hybridized carbons (Fsp3) is 0.750. The van der Waals surface area contributed by atoms with Crippen LogP contribution in [0.1, 0.15) is 19.8 Å². The molecule has 1 amide bonds. The van der Waals surface area contributed by atoms with Gasteiger partial charge in [0, 0.05) is 19.6 Å². The zero-order valence-electron chi connectivity index (χ0n) is 10.6. The highest BCUT2D eigenvalue weighted by Crippen LogP contribution is 2.09. The number of hydrogen-bond donors (Lipinski definition) is 1. The van der Waals surface area contributed by atoms with E-state index in [4.69, 9.17) is 4.74 Å². The molecular weight excluding hydrogens is 240 g/mol. The van der Waals surface area contributed by atoms with Crippen LogP contribution in [-0.4, -0.2) is 49.7 Å². The normalized spacial score (nSPS) is 20.5. The first-order valence-corrected chi connectivity index (χ1v) is 5.86. The van der Waals surface area contributed by atoms with E-state index in [2.05, 4.69) is 11.9 Å². The highest BCUT2D eigenvalue weighted by Gasteiger charge is 2.26. The Morgan fingerprint density at radius 3 is 2.94 bits per heavy atom. The molecule has 0 aromatic heterocycles. The number of ether oxygens (including phenoxy) is 1. The summed E-state index contributed by atoms with van der Waals surface area (Å²) in [5, 5.41) is 3.25. The van der Waals surface area contributed by atoms with E-state index in [0.29, 0.717) is 12.6 Å². The van der Waals surface area contributed by atoms with Gasteiger partial charge in [0.05, 0.1) is 6.61 Å². The average Bonchev–Trinajstić information content (AvgIpc) is 2.80. The van der Waals surface area contributed by atoms with Crippen molar-refractivity contribution in [3.63, 3.8) is 0 Å². The van der Waals surface area contributed by atoms with Gasteiger partial charge in [0.25, 0.3) is 5.91 Å². The van der Waals surface area contributed by atoms with Crippen molar-refractivity contribution in [1.29, 1.82) is 0 Å². The first kappa shape index (κ1) is 16.4. The number of amides is 1. The summed E-state index contributed by atoms with van der Waals surface area (Å²) in [5.74, 6) is 0.0674. The molecule has 100 valence electrons. The van der Waals surface area contributed by atoms with Crippen LogP contribution in [0.4, 0.5) is 0 Å². The minimum Gasteiger partial charge on any atom is -0.368 e. The highest BCUT2D eigenvalue weighted by atomic mass is 35.5. The maximum absolute atomic E-state index is 12.0. The Hall–Kier alpha value is -0.580. The van der Waals surface area contributed by atoms with E-state index in [1.807, 2.05) is 14.0 Å². The smallest absolute Gasteiger partial charge is 0.251 e. The molecule has 0 saturated carbocycles. The molecule has 1 fully saturated rings. The molecular formula is C12H23ClN2O2. The van der Waals surface area contributed by atoms with Gasteiger partial charge in [-0.15, -0.1) is 19.0 Å². The topological polar surface area (TPSA) is 41.6 Å². The Labute approximate surface area is 110 Å². The number of nitrogens with zero attached hydrogens (tertiary/aromatic N) is 1. The molecule has 4 nitrogen and oxygen atoms in total. The van der Waals surface area contributed by atoms with Gasteiger partial charge >= 0.3 is 0 Å². The molecule has 0 aromatic carbocycles. The van der Waals surface area contributed by atoms with Crippen molar-refractivity contribution in [3.05, 3.63) is 12.7 Å². The van der Waals surface area contributed by atoms with Gasteiger partial charge in [-0.3, -0.25) is 4.79 Å². The average molecular weight is 263 g/mol. The maximum atomic E-state index is 12.0. The summed E-state index contributed by atoms with van der Waals surface area (Å²) in [6.07, 6.45) is 3.25. The number of likely N-dealkylation sites (N-methyl/N-ethyl adjacent to an activating group) is 1. The van der Waals surface area contributed by atoms with Crippen LogP contribution in [0.25, 0.3) is 0 Å². The molecule has 1 aliphatic heterocycles. The predicted octanol–water partition coefficient (Wildman–Crippen LogP) is 1.21. The predicted molar refractivity (Wildman–Crippen MR) is 71.5 cm³/mol. The second-order valence-electron chi connectivity index (χ2n) is 4.19. The molecule has 0 aromatic rings. The van der Waals surface area contributed by atoms with Gasteiger partial charge in [-0.25, -0.2) is 0 Å². The molecule has 1 aliphatic rings. The van der Waals surface area contributed by atoms with Crippen LogP contribution in [0, 0.1) is 0 Å². The molecule has 17 heavy (non-hydrogen) atoms. The summed E-state index contributed by atoms with van der Waals surface area (Å²) in [6.45, 7) is 7.87. The molecule has 1 heterocycles. The van der Waals surface area contributed by atoms with E-state index in [-0.39, 0.29) is 24.4 Å². The second-order valence-corrected chi connectivity index (χ2v) is 4.19. The zero-order valence-corrected chi connectivity index (χ0v) is 11.5. The number of carbonyl (C=O) groups excluding carboxylic acids is 1. The first-order valence-electron chi connectivity index (χ1n) is 5.86. The van der Waals surface area contributed by atoms with Crippen LogP contribution in [-0.2, 0) is 9.53 Å². The number of rotatable bonds is 6. The Morgan fingerprint density at radius 1 is 1.71 bits per heavy atom. The summed E-state index contributed by atoms with van der Waals surface area (Å²) in [7, 11) is 1.85. The third-order valence-electron chi connectivity index (χ3n) is 2.97. The van der Waals surface area contributed by atoms with E-state index in [1.165, 1.54) is 0 Å². The van der Waals surface area contributed by atoms with E-state index >= 15 is 0 Å². The van der Waals surface area contributed by atoms with Crippen LogP contribution < -0.4 is 5.32 Å². The molecule has 0 spiro atoms. The Kier molecular flexibility index (Phi) is 8.21. The second kappa shape index (κ2) is 8.50. The third kappa shape index (κ3) is 5.06. The summed E-state index contributed by atoms with van der Waals surface area (Å²) in [5.41, 5.74) is 0. The molecule has 0 aliphatic carbocycles. The van der Waals surface area contributed by atoms with E-state index < -0.39 is 0 Å². The molecule has 1 N–H and O–H groups in total. The number of hydrogen-bond acceptors (Lipinski definition) is 3. The molecule has 1 saturated heterocycles. The minimum absolute atomic E-state index is 0. The number of halogens is 1. The van der Waals surface area contributed by atoms with Crippen molar-refractivity contribution in [3.8, 4) is 0 Å². The zero-order chi connectivity index (χ0) is 12.0. The van der Waals surface area contributed by atoms with Crippen molar-refractivity contribution in [2.45, 2.75) is 31.9 Å². The molecule has 0 radical (unpaired) electrons. The number of nitrogens with one attached hydrogen (secondary N) is 1. The van der Waals surface area contributed by atoms with Gasteiger partial charge in [-0.1, -0.05) is 6.08 Å². The molecule has 5 heteroatoms. The summed E-state index contributed by atoms with van der Waals surface area (Å²) >= 11 is 0. The SMILES string of the molecule is C=CCCOC(C)C(=O)N(C)C1CCNC1.Cl. The monoisotopic (exact) mass is 262 g/mol. The fourth-order valence-electron chi connectivity index (χ4n) is 1.84. The first-order chi connectivity index (χ1) is 7.66. The van der Waals surface area contributed by atoms with Crippen molar-refractivity contribution < 1.29 is 9.53 Å². The Bertz CT molecular complexity index is 243. The lowest BCUT2D eigenvalue weighted by molar-refractivity contribution is -0.143. The Balaban J connectivity index is 0.00000256. The van der Waals surface area contributed by atoms with Gasteiger partial charge in [0.1, 0.15) is 6.10 Å². The molecule has 0 bridgehead atoms. The van der Waals surface area contributed by atoms with Gasteiger partial charge in [0.2, 0.25) is 0 Å². The van der Waals surface area contributed by atoms with E-state index in [9.17, 15) is 4.79 Å². The van der Waals surface area contributed by atoms with Crippen LogP contribution in [0.15, 0.2) is 12.7 Å². The molecule has 2 unspecified atom stereocenters. The van der Waals surface area contributed by atoms with Gasteiger partial charge < -0.3 is 15.0 Å². The van der Waals surface area contributed by atoms with Gasteiger partial charge in [-0.2, -0.15) is 0 Å². The largest absolute Gasteiger partial charge is 0.368 e. The number of carbonyl (C=O) groups is 1. The quantitative estimate of drug-likeness (QED) is 0.578. The lowest BCUT2D eigenvalue weighted by Gasteiger charge is -2.26. The lowest BCUT2D eigenvalue weighted by Crippen LogP contribution is -2.43. The van der Waals surface area contributed by atoms with Crippen molar-refractivity contribution in [2.75, 3.05) is 26.7 Å².